The van der Waals surface area contributed by atoms with Crippen molar-refractivity contribution >= 4 is 29.0 Å². The number of benzene rings is 2. The third kappa shape index (κ3) is 6.57. The molecule has 0 radical (unpaired) electrons. The van der Waals surface area contributed by atoms with Crippen molar-refractivity contribution < 1.29 is 14.3 Å². The molecule has 2 aromatic carbocycles. The SMILES string of the molecule is Cc1cc(C)cc(OCc2nc(C(=O)NC3CCCCC3NC(=O)Nc3ccccc3)cs2)c1. The summed E-state index contributed by atoms with van der Waals surface area (Å²) in [5.74, 6) is 0.569. The van der Waals surface area contributed by atoms with Gasteiger partial charge in [-0.3, -0.25) is 4.79 Å². The zero-order valence-corrected chi connectivity index (χ0v) is 20.3. The molecule has 1 saturated carbocycles. The number of anilines is 1. The van der Waals surface area contributed by atoms with Crippen LogP contribution in [0.5, 0.6) is 5.75 Å². The van der Waals surface area contributed by atoms with Gasteiger partial charge in [-0.15, -0.1) is 11.3 Å². The molecule has 34 heavy (non-hydrogen) atoms. The molecule has 3 amide bonds. The van der Waals surface area contributed by atoms with E-state index in [2.05, 4.69) is 27.0 Å². The Balaban J connectivity index is 1.31. The van der Waals surface area contributed by atoms with Gasteiger partial charge >= 0.3 is 6.03 Å². The Labute approximate surface area is 204 Å². The van der Waals surface area contributed by atoms with Crippen molar-refractivity contribution in [2.75, 3.05) is 5.32 Å². The minimum absolute atomic E-state index is 0.132. The van der Waals surface area contributed by atoms with Crippen LogP contribution in [-0.4, -0.2) is 29.0 Å². The third-order valence-corrected chi connectivity index (χ3v) is 6.59. The predicted molar refractivity (Wildman–Crippen MR) is 134 cm³/mol. The van der Waals surface area contributed by atoms with E-state index >= 15 is 0 Å². The Bertz CT molecular complexity index is 1110. The molecule has 1 heterocycles. The number of urea groups is 1. The summed E-state index contributed by atoms with van der Waals surface area (Å²) in [5.41, 5.74) is 3.39. The maximum Gasteiger partial charge on any atom is 0.319 e. The topological polar surface area (TPSA) is 92.3 Å². The van der Waals surface area contributed by atoms with E-state index in [1.165, 1.54) is 11.3 Å². The molecule has 1 aliphatic rings. The summed E-state index contributed by atoms with van der Waals surface area (Å²) >= 11 is 1.40. The summed E-state index contributed by atoms with van der Waals surface area (Å²) in [6.07, 6.45) is 3.66. The highest BCUT2D eigenvalue weighted by Crippen LogP contribution is 2.21. The molecule has 1 fully saturated rings. The standard InChI is InChI=1S/C26H30N4O3S/c1-17-12-18(2)14-20(13-17)33-15-24-28-23(16-34-24)25(31)29-21-10-6-7-11-22(21)30-26(32)27-19-8-4-3-5-9-19/h3-5,8-9,12-14,16,21-22H,6-7,10-11,15H2,1-2H3,(H,29,31)(H2,27,30,32). The van der Waals surface area contributed by atoms with Crippen molar-refractivity contribution in [3.63, 3.8) is 0 Å². The van der Waals surface area contributed by atoms with Gasteiger partial charge in [-0.25, -0.2) is 9.78 Å². The molecule has 3 N–H and O–H groups in total. The van der Waals surface area contributed by atoms with Gasteiger partial charge in [-0.1, -0.05) is 37.1 Å². The first-order valence-electron chi connectivity index (χ1n) is 11.6. The number of thiazole rings is 1. The highest BCUT2D eigenvalue weighted by Gasteiger charge is 2.28. The van der Waals surface area contributed by atoms with Gasteiger partial charge in [-0.05, 0) is 62.1 Å². The number of hydrogen-bond acceptors (Lipinski definition) is 5. The first-order chi connectivity index (χ1) is 16.5. The molecule has 0 bridgehead atoms. The van der Waals surface area contributed by atoms with Crippen LogP contribution in [0.25, 0.3) is 0 Å². The zero-order valence-electron chi connectivity index (χ0n) is 19.5. The monoisotopic (exact) mass is 478 g/mol. The summed E-state index contributed by atoms with van der Waals surface area (Å²) in [6.45, 7) is 4.38. The zero-order chi connectivity index (χ0) is 23.9. The lowest BCUT2D eigenvalue weighted by Crippen LogP contribution is -2.54. The van der Waals surface area contributed by atoms with Gasteiger partial charge in [0.05, 0.1) is 6.04 Å². The van der Waals surface area contributed by atoms with Crippen LogP contribution in [0.3, 0.4) is 0 Å². The number of amides is 3. The van der Waals surface area contributed by atoms with Crippen LogP contribution >= 0.6 is 11.3 Å². The summed E-state index contributed by atoms with van der Waals surface area (Å²) in [6, 6.07) is 14.8. The Morgan fingerprint density at radius 1 is 1.00 bits per heavy atom. The smallest absolute Gasteiger partial charge is 0.319 e. The second-order valence-corrected chi connectivity index (χ2v) is 9.62. The fraction of sp³-hybridized carbons (Fsp3) is 0.346. The van der Waals surface area contributed by atoms with Crippen molar-refractivity contribution in [2.24, 2.45) is 0 Å². The average Bonchev–Trinajstić information content (AvgIpc) is 3.28. The lowest BCUT2D eigenvalue weighted by molar-refractivity contribution is 0.0911. The van der Waals surface area contributed by atoms with Crippen molar-refractivity contribution in [1.82, 2.24) is 15.6 Å². The van der Waals surface area contributed by atoms with E-state index < -0.39 is 0 Å². The van der Waals surface area contributed by atoms with Crippen molar-refractivity contribution in [1.29, 1.82) is 0 Å². The van der Waals surface area contributed by atoms with Gasteiger partial charge in [-0.2, -0.15) is 0 Å². The van der Waals surface area contributed by atoms with Gasteiger partial charge in [0.25, 0.3) is 5.91 Å². The van der Waals surface area contributed by atoms with E-state index in [0.717, 1.165) is 53.3 Å². The molecule has 1 aromatic heterocycles. The van der Waals surface area contributed by atoms with E-state index in [9.17, 15) is 9.59 Å². The van der Waals surface area contributed by atoms with Gasteiger partial charge < -0.3 is 20.7 Å². The summed E-state index contributed by atoms with van der Waals surface area (Å²) in [4.78, 5) is 29.8. The molecular formula is C26H30N4O3S. The first kappa shape index (κ1) is 23.8. The molecule has 0 spiro atoms. The van der Waals surface area contributed by atoms with Crippen LogP contribution in [-0.2, 0) is 6.61 Å². The van der Waals surface area contributed by atoms with Gasteiger partial charge in [0.15, 0.2) is 0 Å². The van der Waals surface area contributed by atoms with Crippen molar-refractivity contribution in [3.05, 3.63) is 75.7 Å². The number of hydrogen-bond donors (Lipinski definition) is 3. The Kier molecular flexibility index (Phi) is 7.80. The molecule has 0 saturated heterocycles. The van der Waals surface area contributed by atoms with Crippen LogP contribution < -0.4 is 20.7 Å². The Morgan fingerprint density at radius 2 is 1.68 bits per heavy atom. The molecule has 1 aliphatic carbocycles. The summed E-state index contributed by atoms with van der Waals surface area (Å²) in [7, 11) is 0. The molecule has 178 valence electrons. The second-order valence-electron chi connectivity index (χ2n) is 8.67. The van der Waals surface area contributed by atoms with Gasteiger partial charge in [0.2, 0.25) is 0 Å². The summed E-state index contributed by atoms with van der Waals surface area (Å²) in [5, 5.41) is 11.4. The number of rotatable bonds is 7. The van der Waals surface area contributed by atoms with E-state index in [4.69, 9.17) is 4.74 Å². The second kappa shape index (κ2) is 11.2. The number of aryl methyl sites for hydroxylation is 2. The highest BCUT2D eigenvalue weighted by atomic mass is 32.1. The number of nitrogens with zero attached hydrogens (tertiary/aromatic N) is 1. The minimum atomic E-state index is -0.267. The van der Waals surface area contributed by atoms with Crippen LogP contribution in [0, 0.1) is 13.8 Å². The number of aromatic nitrogens is 1. The fourth-order valence-electron chi connectivity index (χ4n) is 4.22. The van der Waals surface area contributed by atoms with Gasteiger partial charge in [0, 0.05) is 17.1 Å². The maximum atomic E-state index is 12.9. The normalized spacial score (nSPS) is 17.6. The number of para-hydroxylation sites is 1. The van der Waals surface area contributed by atoms with E-state index in [1.807, 2.05) is 56.3 Å². The van der Waals surface area contributed by atoms with Crippen LogP contribution in [0.2, 0.25) is 0 Å². The summed E-state index contributed by atoms with van der Waals surface area (Å²) < 4.78 is 5.87. The molecule has 2 atom stereocenters. The molecule has 0 aliphatic heterocycles. The quantitative estimate of drug-likeness (QED) is 0.435. The van der Waals surface area contributed by atoms with E-state index in [0.29, 0.717) is 12.3 Å². The molecule has 3 aromatic rings. The number of ether oxygens (including phenoxy) is 1. The lowest BCUT2D eigenvalue weighted by Gasteiger charge is -2.32. The van der Waals surface area contributed by atoms with E-state index in [1.54, 1.807) is 5.38 Å². The maximum absolute atomic E-state index is 12.9. The highest BCUT2D eigenvalue weighted by molar-refractivity contribution is 7.09. The third-order valence-electron chi connectivity index (χ3n) is 5.77. The van der Waals surface area contributed by atoms with E-state index in [-0.39, 0.29) is 24.0 Å². The molecule has 8 heteroatoms. The average molecular weight is 479 g/mol. The first-order valence-corrected chi connectivity index (χ1v) is 12.4. The number of nitrogens with one attached hydrogen (secondary N) is 3. The van der Waals surface area contributed by atoms with Crippen LogP contribution in [0.4, 0.5) is 10.5 Å². The molecule has 2 unspecified atom stereocenters. The molecule has 7 nitrogen and oxygen atoms in total. The van der Waals surface area contributed by atoms with Crippen molar-refractivity contribution in [3.8, 4) is 5.75 Å². The predicted octanol–water partition coefficient (Wildman–Crippen LogP) is 5.20. The van der Waals surface area contributed by atoms with Crippen LogP contribution in [0.1, 0.15) is 52.3 Å². The van der Waals surface area contributed by atoms with Crippen LogP contribution in [0.15, 0.2) is 53.9 Å². The number of carbonyl (C=O) groups is 2. The lowest BCUT2D eigenvalue weighted by atomic mass is 9.90. The van der Waals surface area contributed by atoms with Crippen molar-refractivity contribution in [2.45, 2.75) is 58.2 Å². The number of carbonyl (C=O) groups excluding carboxylic acids is 2. The Morgan fingerprint density at radius 3 is 2.38 bits per heavy atom. The Hall–Kier alpha value is -3.39. The largest absolute Gasteiger partial charge is 0.486 e. The molecule has 4 rings (SSSR count). The fourth-order valence-corrected chi connectivity index (χ4v) is 4.90. The minimum Gasteiger partial charge on any atom is -0.486 e. The van der Waals surface area contributed by atoms with Gasteiger partial charge in [0.1, 0.15) is 23.1 Å². The molecular weight excluding hydrogens is 448 g/mol.